The van der Waals surface area contributed by atoms with Crippen molar-refractivity contribution < 1.29 is 23.8 Å². The Morgan fingerprint density at radius 2 is 1.97 bits per heavy atom. The normalized spacial score (nSPS) is 21.4. The quantitative estimate of drug-likeness (QED) is 0.487. The molecule has 2 N–H and O–H groups in total. The molecule has 3 atom stereocenters. The van der Waals surface area contributed by atoms with Crippen molar-refractivity contribution in [1.82, 2.24) is 10.2 Å². The minimum Gasteiger partial charge on any atom is -0.486 e. The number of anilines is 1. The summed E-state index contributed by atoms with van der Waals surface area (Å²) in [5, 5.41) is 17.8. The third-order valence-electron chi connectivity index (χ3n) is 7.69. The van der Waals surface area contributed by atoms with Gasteiger partial charge in [0.2, 0.25) is 5.91 Å². The van der Waals surface area contributed by atoms with Gasteiger partial charge in [0, 0.05) is 30.0 Å². The number of aliphatic hydroxyl groups excluding tert-OH is 1. The van der Waals surface area contributed by atoms with Crippen LogP contribution in [-0.4, -0.2) is 67.9 Å². The Kier molecular flexibility index (Phi) is 6.92. The topological polar surface area (TPSA) is 74.3 Å². The lowest BCUT2D eigenvalue weighted by Crippen LogP contribution is -2.48. The Morgan fingerprint density at radius 1 is 1.14 bits per heavy atom. The molecule has 7 nitrogen and oxygen atoms in total. The van der Waals surface area contributed by atoms with Crippen molar-refractivity contribution in [2.24, 2.45) is 5.92 Å². The van der Waals surface area contributed by atoms with Gasteiger partial charge in [0.05, 0.1) is 12.0 Å². The number of hydrogen-bond acceptors (Lipinski definition) is 7. The molecular weight excluding hydrogens is 493 g/mol. The van der Waals surface area contributed by atoms with Crippen LogP contribution in [0.2, 0.25) is 0 Å². The van der Waals surface area contributed by atoms with Crippen LogP contribution in [0.15, 0.2) is 41.8 Å². The molecule has 2 aromatic carbocycles. The van der Waals surface area contributed by atoms with Crippen molar-refractivity contribution in [1.29, 1.82) is 0 Å². The van der Waals surface area contributed by atoms with E-state index < -0.39 is 18.0 Å². The third kappa shape index (κ3) is 5.12. The number of hydrogen-bond donors (Lipinski definition) is 2. The van der Waals surface area contributed by atoms with Crippen LogP contribution in [0.1, 0.15) is 30.9 Å². The van der Waals surface area contributed by atoms with E-state index in [1.807, 2.05) is 0 Å². The molecule has 0 saturated carbocycles. The predicted molar refractivity (Wildman–Crippen MR) is 142 cm³/mol. The molecule has 37 heavy (non-hydrogen) atoms. The zero-order valence-electron chi connectivity index (χ0n) is 20.7. The molecule has 2 saturated heterocycles. The van der Waals surface area contributed by atoms with Gasteiger partial charge in [-0.15, -0.1) is 11.3 Å². The van der Waals surface area contributed by atoms with Gasteiger partial charge in [-0.1, -0.05) is 6.07 Å². The van der Waals surface area contributed by atoms with Gasteiger partial charge < -0.3 is 29.7 Å². The third-order valence-corrected chi connectivity index (χ3v) is 8.57. The highest BCUT2D eigenvalue weighted by molar-refractivity contribution is 7.17. The predicted octanol–water partition coefficient (Wildman–Crippen LogP) is 3.95. The van der Waals surface area contributed by atoms with Gasteiger partial charge in [-0.05, 0) is 79.0 Å². The van der Waals surface area contributed by atoms with E-state index in [2.05, 4.69) is 44.8 Å². The second-order valence-electron chi connectivity index (χ2n) is 10.2. The largest absolute Gasteiger partial charge is 0.486 e. The summed E-state index contributed by atoms with van der Waals surface area (Å²) in [6.07, 6.45) is 1.87. The van der Waals surface area contributed by atoms with Crippen LogP contribution in [0, 0.1) is 11.7 Å². The Balaban J connectivity index is 1.17. The molecule has 9 heteroatoms. The molecule has 4 heterocycles. The number of nitrogens with one attached hydrogen (secondary N) is 1. The first-order valence-electron chi connectivity index (χ1n) is 13.1. The Morgan fingerprint density at radius 3 is 2.84 bits per heavy atom. The minimum atomic E-state index is -1.08. The molecule has 196 valence electrons. The van der Waals surface area contributed by atoms with Crippen molar-refractivity contribution in [2.45, 2.75) is 31.4 Å². The number of carbonyl (C=O) groups excluding carboxylic acids is 1. The summed E-state index contributed by atoms with van der Waals surface area (Å²) >= 11 is 1.72. The monoisotopic (exact) mass is 525 g/mol. The fraction of sp³-hybridized carbons (Fsp3) is 0.464. The van der Waals surface area contributed by atoms with E-state index in [1.165, 1.54) is 16.2 Å². The van der Waals surface area contributed by atoms with Crippen LogP contribution in [0.4, 0.5) is 10.1 Å². The summed E-state index contributed by atoms with van der Waals surface area (Å²) < 4.78 is 26.9. The fourth-order valence-electron chi connectivity index (χ4n) is 5.65. The molecule has 1 amide bonds. The summed E-state index contributed by atoms with van der Waals surface area (Å²) in [5.41, 5.74) is 1.51. The SMILES string of the molecule is O=C(N[C@H](CN1CCCC1)[C@H](O)c1cc(F)c2c(c1)OCCO2)[C@@H]1CCN(c2ccc3ccsc3c2)C1. The smallest absolute Gasteiger partial charge is 0.225 e. The Bertz CT molecular complexity index is 1280. The van der Waals surface area contributed by atoms with Crippen LogP contribution in [0.3, 0.4) is 0 Å². The van der Waals surface area contributed by atoms with Crippen LogP contribution in [-0.2, 0) is 4.79 Å². The Labute approximate surface area is 219 Å². The van der Waals surface area contributed by atoms with Crippen LogP contribution in [0.5, 0.6) is 11.5 Å². The highest BCUT2D eigenvalue weighted by Gasteiger charge is 2.34. The molecule has 0 aliphatic carbocycles. The number of aliphatic hydroxyl groups is 1. The van der Waals surface area contributed by atoms with E-state index in [4.69, 9.17) is 9.47 Å². The second kappa shape index (κ2) is 10.5. The van der Waals surface area contributed by atoms with Crippen LogP contribution >= 0.6 is 11.3 Å². The maximum absolute atomic E-state index is 14.7. The summed E-state index contributed by atoms with van der Waals surface area (Å²) in [4.78, 5) is 17.9. The van der Waals surface area contributed by atoms with Crippen molar-refractivity contribution in [2.75, 3.05) is 50.8 Å². The van der Waals surface area contributed by atoms with Gasteiger partial charge in [0.1, 0.15) is 19.3 Å². The van der Waals surface area contributed by atoms with E-state index in [0.29, 0.717) is 37.6 Å². The van der Waals surface area contributed by atoms with E-state index >= 15 is 0 Å². The molecule has 6 rings (SSSR count). The number of ether oxygens (including phenoxy) is 2. The highest BCUT2D eigenvalue weighted by Crippen LogP contribution is 2.37. The molecule has 2 fully saturated rings. The van der Waals surface area contributed by atoms with Crippen LogP contribution in [0.25, 0.3) is 10.1 Å². The lowest BCUT2D eigenvalue weighted by atomic mass is 9.99. The minimum absolute atomic E-state index is 0.0686. The van der Waals surface area contributed by atoms with Gasteiger partial charge in [0.25, 0.3) is 0 Å². The highest BCUT2D eigenvalue weighted by atomic mass is 32.1. The molecule has 3 aliphatic rings. The van der Waals surface area contributed by atoms with Gasteiger partial charge >= 0.3 is 0 Å². The number of carbonyl (C=O) groups is 1. The first kappa shape index (κ1) is 24.5. The lowest BCUT2D eigenvalue weighted by molar-refractivity contribution is -0.126. The molecule has 3 aliphatic heterocycles. The average Bonchev–Trinajstić information content (AvgIpc) is 3.69. The number of amides is 1. The number of halogens is 1. The molecule has 3 aromatic rings. The molecule has 0 unspecified atom stereocenters. The second-order valence-corrected chi connectivity index (χ2v) is 11.1. The van der Waals surface area contributed by atoms with E-state index in [1.54, 1.807) is 17.4 Å². The lowest BCUT2D eigenvalue weighted by Gasteiger charge is -2.30. The molecule has 0 bridgehead atoms. The zero-order valence-corrected chi connectivity index (χ0v) is 21.5. The van der Waals surface area contributed by atoms with E-state index in [0.717, 1.165) is 44.6 Å². The van der Waals surface area contributed by atoms with Gasteiger partial charge in [-0.2, -0.15) is 0 Å². The number of rotatable bonds is 7. The fourth-order valence-corrected chi connectivity index (χ4v) is 6.47. The maximum Gasteiger partial charge on any atom is 0.225 e. The number of benzene rings is 2. The summed E-state index contributed by atoms with van der Waals surface area (Å²) in [5.74, 6) is -0.438. The first-order valence-corrected chi connectivity index (χ1v) is 13.9. The van der Waals surface area contributed by atoms with Gasteiger partial charge in [-0.25, -0.2) is 4.39 Å². The van der Waals surface area contributed by atoms with Gasteiger partial charge in [-0.3, -0.25) is 4.79 Å². The summed E-state index contributed by atoms with van der Waals surface area (Å²) in [7, 11) is 0. The standard InChI is InChI=1S/C28H32FN3O4S/c29-22-13-20(14-24-27(22)36-11-10-35-24)26(33)23(17-31-7-1-2-8-31)30-28(34)19-5-9-32(16-19)21-4-3-18-6-12-37-25(18)15-21/h3-4,6,12-15,19,23,26,33H,1-2,5,7-11,16-17H2,(H,30,34)/t19-,23-,26-/m1/s1. The maximum atomic E-state index is 14.7. The number of nitrogens with zero attached hydrogens (tertiary/aromatic N) is 2. The Hall–Kier alpha value is -2.88. The summed E-state index contributed by atoms with van der Waals surface area (Å²) in [6.45, 7) is 4.43. The molecule has 0 spiro atoms. The molecule has 0 radical (unpaired) electrons. The average molecular weight is 526 g/mol. The number of fused-ring (bicyclic) bond motifs is 2. The molecular formula is C28H32FN3O4S. The zero-order chi connectivity index (χ0) is 25.4. The van der Waals surface area contributed by atoms with Crippen molar-refractivity contribution in [3.8, 4) is 11.5 Å². The number of thiophene rings is 1. The van der Waals surface area contributed by atoms with E-state index in [9.17, 15) is 14.3 Å². The van der Waals surface area contributed by atoms with Crippen molar-refractivity contribution in [3.05, 3.63) is 53.2 Å². The van der Waals surface area contributed by atoms with Crippen molar-refractivity contribution in [3.63, 3.8) is 0 Å². The van der Waals surface area contributed by atoms with Crippen LogP contribution < -0.4 is 19.7 Å². The number of likely N-dealkylation sites (tertiary alicyclic amines) is 1. The molecule has 1 aromatic heterocycles. The first-order chi connectivity index (χ1) is 18.0. The summed E-state index contributed by atoms with van der Waals surface area (Å²) in [6, 6.07) is 10.9. The van der Waals surface area contributed by atoms with Crippen molar-refractivity contribution >= 4 is 33.0 Å². The van der Waals surface area contributed by atoms with E-state index in [-0.39, 0.29) is 17.6 Å². The van der Waals surface area contributed by atoms with Gasteiger partial charge in [0.15, 0.2) is 17.3 Å².